The number of methoxy groups -OCH3 is 1. The summed E-state index contributed by atoms with van der Waals surface area (Å²) >= 11 is 0. The van der Waals surface area contributed by atoms with Crippen molar-refractivity contribution < 1.29 is 14.3 Å². The van der Waals surface area contributed by atoms with E-state index < -0.39 is 5.97 Å². The van der Waals surface area contributed by atoms with Crippen molar-refractivity contribution in [2.75, 3.05) is 7.11 Å². The van der Waals surface area contributed by atoms with Crippen LogP contribution in [-0.4, -0.2) is 18.9 Å². The van der Waals surface area contributed by atoms with Gasteiger partial charge in [-0.05, 0) is 50.6 Å². The van der Waals surface area contributed by atoms with Gasteiger partial charge in [0.15, 0.2) is 5.78 Å². The minimum absolute atomic E-state index is 0.173. The van der Waals surface area contributed by atoms with Crippen LogP contribution in [0.25, 0.3) is 45.5 Å². The van der Waals surface area contributed by atoms with Crippen molar-refractivity contribution in [2.24, 2.45) is 0 Å². The van der Waals surface area contributed by atoms with Gasteiger partial charge in [-0.2, -0.15) is 0 Å². The molecule has 0 aromatic heterocycles. The average Bonchev–Trinajstić information content (AvgIpc) is 3.04. The Morgan fingerprint density at radius 3 is 1.68 bits per heavy atom. The molecule has 0 bridgehead atoms. The Balaban J connectivity index is 1.60. The van der Waals surface area contributed by atoms with Gasteiger partial charge in [0.25, 0.3) is 0 Å². The molecule has 5 rings (SSSR count). The second-order valence-electron chi connectivity index (χ2n) is 9.32. The van der Waals surface area contributed by atoms with Crippen molar-refractivity contribution in [3.8, 4) is 33.4 Å². The lowest BCUT2D eigenvalue weighted by Crippen LogP contribution is -2.09. The molecule has 0 saturated carbocycles. The Labute approximate surface area is 234 Å². The van der Waals surface area contributed by atoms with Gasteiger partial charge in [0.1, 0.15) is 0 Å². The molecule has 0 amide bonds. The Morgan fingerprint density at radius 2 is 1.10 bits per heavy atom. The molecule has 40 heavy (non-hydrogen) atoms. The summed E-state index contributed by atoms with van der Waals surface area (Å²) in [6, 6.07) is 36.6. The number of rotatable bonds is 8. The van der Waals surface area contributed by atoms with Crippen molar-refractivity contribution in [3.05, 3.63) is 156 Å². The number of carbonyl (C=O) groups is 2. The van der Waals surface area contributed by atoms with Crippen molar-refractivity contribution >= 4 is 23.9 Å². The minimum Gasteiger partial charge on any atom is -0.465 e. The Morgan fingerprint density at radius 1 is 0.575 bits per heavy atom. The number of benzene rings is 5. The number of hydrogen-bond donors (Lipinski definition) is 0. The maximum Gasteiger partial charge on any atom is 0.338 e. The Kier molecular flexibility index (Phi) is 7.65. The maximum absolute atomic E-state index is 13.8. The minimum atomic E-state index is -0.505. The van der Waals surface area contributed by atoms with Gasteiger partial charge in [0.05, 0.1) is 12.7 Å². The molecule has 0 fully saturated rings. The summed E-state index contributed by atoms with van der Waals surface area (Å²) in [5, 5.41) is 0. The summed E-state index contributed by atoms with van der Waals surface area (Å²) in [5.74, 6) is -0.678. The van der Waals surface area contributed by atoms with Crippen molar-refractivity contribution in [1.82, 2.24) is 0 Å². The summed E-state index contributed by atoms with van der Waals surface area (Å²) in [5.41, 5.74) is 8.61. The Bertz CT molecular complexity index is 1730. The SMILES string of the molecule is C=Cc1ccc(-c2ccccc2C(=O)c2ccc(-c3ccccc3-c3ccc(C=C)cc3)c(C(=O)OC)c2)cc1. The fourth-order valence-electron chi connectivity index (χ4n) is 4.85. The van der Waals surface area contributed by atoms with E-state index in [4.69, 9.17) is 4.74 Å². The fourth-order valence-corrected chi connectivity index (χ4v) is 4.85. The molecule has 0 aliphatic rings. The topological polar surface area (TPSA) is 43.4 Å². The first kappa shape index (κ1) is 26.3. The number of hydrogen-bond acceptors (Lipinski definition) is 3. The first-order chi connectivity index (χ1) is 19.5. The van der Waals surface area contributed by atoms with E-state index in [1.54, 1.807) is 24.3 Å². The summed E-state index contributed by atoms with van der Waals surface area (Å²) in [6.45, 7) is 7.64. The maximum atomic E-state index is 13.8. The summed E-state index contributed by atoms with van der Waals surface area (Å²) in [4.78, 5) is 26.9. The van der Waals surface area contributed by atoms with Crippen LogP contribution in [0.4, 0.5) is 0 Å². The molecule has 0 N–H and O–H groups in total. The third-order valence-corrected chi connectivity index (χ3v) is 6.99. The van der Waals surface area contributed by atoms with E-state index in [2.05, 4.69) is 13.2 Å². The molecule has 5 aromatic carbocycles. The molecular formula is C37H28O3. The molecule has 3 heteroatoms. The van der Waals surface area contributed by atoms with Crippen LogP contribution in [-0.2, 0) is 4.74 Å². The van der Waals surface area contributed by atoms with Crippen molar-refractivity contribution in [2.45, 2.75) is 0 Å². The molecule has 0 atom stereocenters. The number of ketones is 1. The highest BCUT2D eigenvalue weighted by molar-refractivity contribution is 6.14. The van der Waals surface area contributed by atoms with Crippen molar-refractivity contribution in [1.29, 1.82) is 0 Å². The largest absolute Gasteiger partial charge is 0.465 e. The lowest BCUT2D eigenvalue weighted by molar-refractivity contribution is 0.0601. The van der Waals surface area contributed by atoms with Crippen LogP contribution in [0.1, 0.15) is 37.4 Å². The molecular weight excluding hydrogens is 492 g/mol. The lowest BCUT2D eigenvalue weighted by atomic mass is 9.88. The predicted octanol–water partition coefficient (Wildman–Crippen LogP) is 8.99. The first-order valence-electron chi connectivity index (χ1n) is 12.9. The zero-order chi connectivity index (χ0) is 28.1. The van der Waals surface area contributed by atoms with Gasteiger partial charge in [-0.3, -0.25) is 4.79 Å². The highest BCUT2D eigenvalue weighted by Gasteiger charge is 2.21. The van der Waals surface area contributed by atoms with Crippen LogP contribution in [0.2, 0.25) is 0 Å². The van der Waals surface area contributed by atoms with Crippen LogP contribution < -0.4 is 0 Å². The first-order valence-corrected chi connectivity index (χ1v) is 12.9. The summed E-state index contributed by atoms with van der Waals surface area (Å²) in [6.07, 6.45) is 3.58. The average molecular weight is 521 g/mol. The van der Waals surface area contributed by atoms with Gasteiger partial charge < -0.3 is 4.74 Å². The van der Waals surface area contributed by atoms with Gasteiger partial charge in [-0.15, -0.1) is 0 Å². The monoisotopic (exact) mass is 520 g/mol. The molecule has 0 aliphatic carbocycles. The highest BCUT2D eigenvalue weighted by Crippen LogP contribution is 2.36. The Hall–Kier alpha value is -5.28. The zero-order valence-electron chi connectivity index (χ0n) is 22.3. The molecule has 0 heterocycles. The quantitative estimate of drug-likeness (QED) is 0.151. The van der Waals surface area contributed by atoms with Crippen LogP contribution in [0.5, 0.6) is 0 Å². The fraction of sp³-hybridized carbons (Fsp3) is 0.0270. The third-order valence-electron chi connectivity index (χ3n) is 6.99. The van der Waals surface area contributed by atoms with Crippen LogP contribution >= 0.6 is 0 Å². The second-order valence-corrected chi connectivity index (χ2v) is 9.32. The molecule has 0 saturated heterocycles. The van der Waals surface area contributed by atoms with Crippen LogP contribution in [0.3, 0.4) is 0 Å². The molecule has 0 aliphatic heterocycles. The van der Waals surface area contributed by atoms with Crippen molar-refractivity contribution in [3.63, 3.8) is 0 Å². The van der Waals surface area contributed by atoms with Gasteiger partial charge in [-0.25, -0.2) is 4.79 Å². The number of ether oxygens (including phenoxy) is 1. The highest BCUT2D eigenvalue weighted by atomic mass is 16.5. The molecule has 5 aromatic rings. The summed E-state index contributed by atoms with van der Waals surface area (Å²) in [7, 11) is 1.35. The van der Waals surface area contributed by atoms with Crippen LogP contribution in [0.15, 0.2) is 128 Å². The van der Waals surface area contributed by atoms with Crippen LogP contribution in [0, 0.1) is 0 Å². The number of carbonyl (C=O) groups excluding carboxylic acids is 2. The van der Waals surface area contributed by atoms with E-state index in [0.717, 1.165) is 38.9 Å². The molecule has 0 spiro atoms. The third kappa shape index (κ3) is 5.18. The summed E-state index contributed by atoms with van der Waals surface area (Å²) < 4.78 is 5.16. The van der Waals surface area contributed by atoms with E-state index in [-0.39, 0.29) is 5.78 Å². The molecule has 0 unspecified atom stereocenters. The zero-order valence-corrected chi connectivity index (χ0v) is 22.3. The lowest BCUT2D eigenvalue weighted by Gasteiger charge is -2.15. The standard InChI is InChI=1S/C37H28O3/c1-4-25-14-18-27(19-15-25)30-10-6-8-12-32(30)33-23-22-29(24-35(33)37(39)40-3)36(38)34-13-9-7-11-31(34)28-20-16-26(5-2)17-21-28/h4-24H,1-2H2,3H3. The normalized spacial score (nSPS) is 10.5. The smallest absolute Gasteiger partial charge is 0.338 e. The van der Waals surface area contributed by atoms with Gasteiger partial charge in [0, 0.05) is 11.1 Å². The molecule has 3 nitrogen and oxygen atoms in total. The second kappa shape index (κ2) is 11.6. The molecule has 194 valence electrons. The van der Waals surface area contributed by atoms with E-state index in [0.29, 0.717) is 22.3 Å². The van der Waals surface area contributed by atoms with Gasteiger partial charge >= 0.3 is 5.97 Å². The van der Waals surface area contributed by atoms with E-state index in [1.807, 2.05) is 103 Å². The predicted molar refractivity (Wildman–Crippen MR) is 164 cm³/mol. The van der Waals surface area contributed by atoms with Gasteiger partial charge in [0.2, 0.25) is 0 Å². The van der Waals surface area contributed by atoms with E-state index in [1.165, 1.54) is 7.11 Å². The number of esters is 1. The van der Waals surface area contributed by atoms with E-state index >= 15 is 0 Å². The van der Waals surface area contributed by atoms with E-state index in [9.17, 15) is 9.59 Å². The molecule has 0 radical (unpaired) electrons. The van der Waals surface area contributed by atoms with Gasteiger partial charge in [-0.1, -0.05) is 135 Å².